The average Bonchev–Trinajstić information content (AvgIpc) is 2.60. The Bertz CT molecular complexity index is 805. The first-order valence-electron chi connectivity index (χ1n) is 7.11. The third kappa shape index (κ3) is 2.79. The minimum atomic E-state index is -1.91. The van der Waals surface area contributed by atoms with Crippen molar-refractivity contribution in [1.29, 1.82) is 0 Å². The van der Waals surface area contributed by atoms with Gasteiger partial charge in [0.25, 0.3) is 0 Å². The molecule has 1 aliphatic carbocycles. The van der Waals surface area contributed by atoms with Gasteiger partial charge in [0, 0.05) is 0 Å². The molecule has 4 heteroatoms. The van der Waals surface area contributed by atoms with Crippen LogP contribution in [0.4, 0.5) is 8.78 Å². The van der Waals surface area contributed by atoms with E-state index in [1.165, 1.54) is 12.2 Å². The molecule has 1 nitrogen and oxygen atoms in total. The lowest BCUT2D eigenvalue weighted by Crippen LogP contribution is -2.35. The maximum Gasteiger partial charge on any atom is 0.185 e. The Morgan fingerprint density at radius 3 is 2.30 bits per heavy atom. The number of aliphatic imine (C=N–C) groups is 1. The number of benzene rings is 2. The molecule has 0 aliphatic heterocycles. The molecule has 0 aromatic heterocycles. The highest BCUT2D eigenvalue weighted by atomic mass is 32.1. The number of halogens is 2. The van der Waals surface area contributed by atoms with Crippen LogP contribution in [0, 0.1) is 0 Å². The second-order valence-electron chi connectivity index (χ2n) is 5.25. The monoisotopic (exact) mass is 325 g/mol. The van der Waals surface area contributed by atoms with Gasteiger partial charge in [-0.25, -0.2) is 13.8 Å². The first kappa shape index (κ1) is 15.5. The van der Waals surface area contributed by atoms with E-state index in [1.807, 2.05) is 42.5 Å². The van der Waals surface area contributed by atoms with Gasteiger partial charge in [0.2, 0.25) is 0 Å². The van der Waals surface area contributed by atoms with E-state index in [-0.39, 0.29) is 0 Å². The van der Waals surface area contributed by atoms with E-state index in [0.29, 0.717) is 5.56 Å². The Morgan fingerprint density at radius 1 is 1.00 bits per heavy atom. The molecule has 0 saturated heterocycles. The molecular weight excluding hydrogens is 312 g/mol. The van der Waals surface area contributed by atoms with Crippen LogP contribution in [-0.4, -0.2) is 11.3 Å². The van der Waals surface area contributed by atoms with Crippen LogP contribution in [0.25, 0.3) is 11.1 Å². The van der Waals surface area contributed by atoms with E-state index in [1.54, 1.807) is 12.1 Å². The quantitative estimate of drug-likeness (QED) is 0.543. The molecule has 2 aromatic carbocycles. The third-order valence-corrected chi connectivity index (χ3v) is 4.01. The van der Waals surface area contributed by atoms with Crippen molar-refractivity contribution in [3.05, 3.63) is 84.2 Å². The van der Waals surface area contributed by atoms with E-state index in [0.717, 1.165) is 17.2 Å². The topological polar surface area (TPSA) is 12.4 Å². The summed E-state index contributed by atoms with van der Waals surface area (Å²) in [5, 5.41) is 2.20. The van der Waals surface area contributed by atoms with Crippen LogP contribution >= 0.6 is 12.2 Å². The van der Waals surface area contributed by atoms with E-state index < -0.39 is 17.5 Å². The van der Waals surface area contributed by atoms with Crippen LogP contribution in [0.15, 0.2) is 83.6 Å². The van der Waals surface area contributed by atoms with Crippen LogP contribution in [-0.2, 0) is 5.54 Å². The van der Waals surface area contributed by atoms with Gasteiger partial charge in [0.15, 0.2) is 11.7 Å². The molecule has 0 fully saturated rings. The number of hydrogen-bond donors (Lipinski definition) is 0. The Hall–Kier alpha value is -2.42. The predicted molar refractivity (Wildman–Crippen MR) is 91.8 cm³/mol. The van der Waals surface area contributed by atoms with Gasteiger partial charge in [-0.3, -0.25) is 0 Å². The molecule has 0 heterocycles. The summed E-state index contributed by atoms with van der Waals surface area (Å²) in [6, 6.07) is 17.0. The zero-order valence-corrected chi connectivity index (χ0v) is 12.9. The minimum absolute atomic E-state index is 0.529. The lowest BCUT2D eigenvalue weighted by Gasteiger charge is -2.30. The largest absolute Gasteiger partial charge is 0.236 e. The minimum Gasteiger partial charge on any atom is -0.236 e. The van der Waals surface area contributed by atoms with E-state index in [9.17, 15) is 8.78 Å². The zero-order valence-electron chi connectivity index (χ0n) is 12.1. The van der Waals surface area contributed by atoms with Gasteiger partial charge in [-0.1, -0.05) is 60.7 Å². The van der Waals surface area contributed by atoms with Crippen molar-refractivity contribution in [3.63, 3.8) is 0 Å². The molecule has 2 atom stereocenters. The van der Waals surface area contributed by atoms with Gasteiger partial charge >= 0.3 is 0 Å². The molecule has 1 aliphatic rings. The number of allylic oxidation sites excluding steroid dienone is 2. The Morgan fingerprint density at radius 2 is 1.65 bits per heavy atom. The van der Waals surface area contributed by atoms with Gasteiger partial charge in [-0.05, 0) is 41.1 Å². The zero-order chi connectivity index (χ0) is 16.3. The fraction of sp³-hybridized carbons (Fsp3) is 0.105. The van der Waals surface area contributed by atoms with Crippen molar-refractivity contribution >= 4 is 17.4 Å². The fourth-order valence-corrected chi connectivity index (χ4v) is 2.85. The molecule has 3 rings (SSSR count). The van der Waals surface area contributed by atoms with Gasteiger partial charge in [-0.2, -0.15) is 0 Å². The Balaban J connectivity index is 2.04. The highest BCUT2D eigenvalue weighted by Gasteiger charge is 2.43. The molecule has 0 saturated carbocycles. The first-order valence-corrected chi connectivity index (χ1v) is 7.52. The lowest BCUT2D eigenvalue weighted by molar-refractivity contribution is 0.232. The third-order valence-electron chi connectivity index (χ3n) is 3.92. The molecule has 0 N–H and O–H groups in total. The van der Waals surface area contributed by atoms with Crippen LogP contribution < -0.4 is 0 Å². The normalized spacial score (nSPS) is 23.0. The van der Waals surface area contributed by atoms with Crippen molar-refractivity contribution in [2.45, 2.75) is 11.7 Å². The number of hydrogen-bond acceptors (Lipinski definition) is 2. The van der Waals surface area contributed by atoms with Gasteiger partial charge in [0.1, 0.15) is 5.83 Å². The standard InChI is InChI=1S/C19H13F2NS/c20-17-7-4-12-19(18(17)21,22-13-23)16-10-8-15(9-11-16)14-5-2-1-3-6-14/h1-12,18H. The number of alkyl halides is 1. The molecule has 0 radical (unpaired) electrons. The number of nitrogens with zero attached hydrogens (tertiary/aromatic N) is 1. The molecule has 2 aromatic rings. The van der Waals surface area contributed by atoms with Gasteiger partial charge < -0.3 is 0 Å². The van der Waals surface area contributed by atoms with E-state index in [4.69, 9.17) is 0 Å². The van der Waals surface area contributed by atoms with Crippen LogP contribution in [0.1, 0.15) is 5.56 Å². The Labute approximate surface area is 138 Å². The van der Waals surface area contributed by atoms with Gasteiger partial charge in [-0.15, -0.1) is 0 Å². The lowest BCUT2D eigenvalue weighted by atomic mass is 9.82. The first-order chi connectivity index (χ1) is 11.2. The van der Waals surface area contributed by atoms with Crippen molar-refractivity contribution in [1.82, 2.24) is 0 Å². The summed E-state index contributed by atoms with van der Waals surface area (Å²) in [5.74, 6) is -0.867. The summed E-state index contributed by atoms with van der Waals surface area (Å²) in [6.07, 6.45) is 2.15. The number of rotatable bonds is 3. The summed E-state index contributed by atoms with van der Waals surface area (Å²) in [7, 11) is 0. The molecule has 23 heavy (non-hydrogen) atoms. The van der Waals surface area contributed by atoms with Crippen LogP contribution in [0.2, 0.25) is 0 Å². The molecular formula is C19H13F2NS. The van der Waals surface area contributed by atoms with Crippen LogP contribution in [0.5, 0.6) is 0 Å². The van der Waals surface area contributed by atoms with Crippen molar-refractivity contribution in [2.75, 3.05) is 0 Å². The molecule has 114 valence electrons. The van der Waals surface area contributed by atoms with Crippen molar-refractivity contribution in [3.8, 4) is 11.1 Å². The molecule has 0 spiro atoms. The number of isothiocyanates is 1. The SMILES string of the molecule is FC1=CC=CC(N=C=S)(c2ccc(-c3ccccc3)cc2)C1F. The summed E-state index contributed by atoms with van der Waals surface area (Å²) >= 11 is 4.64. The fourth-order valence-electron chi connectivity index (χ4n) is 2.70. The average molecular weight is 325 g/mol. The maximum absolute atomic E-state index is 14.5. The molecule has 0 bridgehead atoms. The molecule has 2 unspecified atom stereocenters. The number of thiocarbonyl (C=S) groups is 1. The van der Waals surface area contributed by atoms with Crippen LogP contribution in [0.3, 0.4) is 0 Å². The highest BCUT2D eigenvalue weighted by molar-refractivity contribution is 7.78. The molecule has 0 amide bonds. The van der Waals surface area contributed by atoms with Crippen molar-refractivity contribution < 1.29 is 8.78 Å². The van der Waals surface area contributed by atoms with Crippen molar-refractivity contribution in [2.24, 2.45) is 4.99 Å². The van der Waals surface area contributed by atoms with Gasteiger partial charge in [0.05, 0.1) is 5.16 Å². The summed E-state index contributed by atoms with van der Waals surface area (Å²) in [5.41, 5.74) is 1.08. The summed E-state index contributed by atoms with van der Waals surface area (Å²) < 4.78 is 28.3. The van der Waals surface area contributed by atoms with E-state index >= 15 is 0 Å². The predicted octanol–water partition coefficient (Wildman–Crippen LogP) is 5.41. The summed E-state index contributed by atoms with van der Waals surface area (Å²) in [4.78, 5) is 3.94. The smallest absolute Gasteiger partial charge is 0.185 e. The Kier molecular flexibility index (Phi) is 4.28. The van der Waals surface area contributed by atoms with E-state index in [2.05, 4.69) is 22.4 Å². The maximum atomic E-state index is 14.5. The summed E-state index contributed by atoms with van der Waals surface area (Å²) in [6.45, 7) is 0. The highest BCUT2D eigenvalue weighted by Crippen LogP contribution is 2.40. The second kappa shape index (κ2) is 6.37. The second-order valence-corrected chi connectivity index (χ2v) is 5.43.